The highest BCUT2D eigenvalue weighted by molar-refractivity contribution is 7.86. The monoisotopic (exact) mass is 298 g/mol. The van der Waals surface area contributed by atoms with Gasteiger partial charge in [0.2, 0.25) is 5.91 Å². The highest BCUT2D eigenvalue weighted by atomic mass is 32.2. The van der Waals surface area contributed by atoms with Crippen molar-refractivity contribution in [3.63, 3.8) is 0 Å². The molecular formula is C13H18N2O4S. The van der Waals surface area contributed by atoms with Crippen LogP contribution in [0.5, 0.6) is 0 Å². The third kappa shape index (κ3) is 4.21. The molecule has 1 unspecified atom stereocenters. The van der Waals surface area contributed by atoms with Crippen molar-refractivity contribution in [1.82, 2.24) is 0 Å². The van der Waals surface area contributed by atoms with Crippen LogP contribution in [0.1, 0.15) is 13.3 Å². The predicted octanol–water partition coefficient (Wildman–Crippen LogP) is 1.20. The zero-order valence-corrected chi connectivity index (χ0v) is 12.3. The van der Waals surface area contributed by atoms with E-state index < -0.39 is 10.1 Å². The summed E-state index contributed by atoms with van der Waals surface area (Å²) in [6.07, 6.45) is 1.46. The fraction of sp³-hybridized carbons (Fsp3) is 0.462. The number of rotatable bonds is 4. The summed E-state index contributed by atoms with van der Waals surface area (Å²) in [4.78, 5) is 13.0. The molecule has 0 radical (unpaired) electrons. The molecule has 1 N–H and O–H groups in total. The minimum Gasteiger partial charge on any atom is -0.369 e. The van der Waals surface area contributed by atoms with Gasteiger partial charge in [0.25, 0.3) is 10.1 Å². The van der Waals surface area contributed by atoms with Crippen LogP contribution >= 0.6 is 0 Å². The Morgan fingerprint density at radius 2 is 2.00 bits per heavy atom. The largest absolute Gasteiger partial charge is 0.369 e. The average Bonchev–Trinajstić information content (AvgIpc) is 2.75. The highest BCUT2D eigenvalue weighted by Gasteiger charge is 2.26. The van der Waals surface area contributed by atoms with E-state index in [1.807, 2.05) is 24.3 Å². The molecule has 20 heavy (non-hydrogen) atoms. The van der Waals surface area contributed by atoms with Crippen molar-refractivity contribution in [3.05, 3.63) is 24.3 Å². The molecule has 0 aromatic heterocycles. The minimum atomic E-state index is -3.41. The lowest BCUT2D eigenvalue weighted by molar-refractivity contribution is -0.114. The van der Waals surface area contributed by atoms with Gasteiger partial charge in [-0.05, 0) is 30.7 Å². The lowest BCUT2D eigenvalue weighted by Gasteiger charge is -2.18. The van der Waals surface area contributed by atoms with Crippen molar-refractivity contribution in [2.45, 2.75) is 19.4 Å². The van der Waals surface area contributed by atoms with E-state index >= 15 is 0 Å². The van der Waals surface area contributed by atoms with E-state index in [-0.39, 0.29) is 12.0 Å². The van der Waals surface area contributed by atoms with Gasteiger partial charge in [-0.15, -0.1) is 0 Å². The van der Waals surface area contributed by atoms with Gasteiger partial charge < -0.3 is 10.2 Å². The zero-order chi connectivity index (χ0) is 14.8. The van der Waals surface area contributed by atoms with Gasteiger partial charge >= 0.3 is 0 Å². The Hall–Kier alpha value is -1.60. The number of nitrogens with zero attached hydrogens (tertiary/aromatic N) is 1. The fourth-order valence-electron chi connectivity index (χ4n) is 2.25. The molecule has 0 spiro atoms. The molecule has 1 aromatic rings. The molecule has 1 heterocycles. The molecule has 1 aliphatic heterocycles. The third-order valence-electron chi connectivity index (χ3n) is 3.01. The van der Waals surface area contributed by atoms with E-state index in [9.17, 15) is 13.2 Å². The zero-order valence-electron chi connectivity index (χ0n) is 11.5. The molecule has 6 nitrogen and oxygen atoms in total. The molecule has 1 aromatic carbocycles. The van der Waals surface area contributed by atoms with E-state index in [1.54, 1.807) is 0 Å². The molecule has 0 bridgehead atoms. The molecular weight excluding hydrogens is 280 g/mol. The molecule has 1 aliphatic rings. The molecule has 0 saturated carbocycles. The van der Waals surface area contributed by atoms with Gasteiger partial charge in [-0.3, -0.25) is 8.98 Å². The SMILES string of the molecule is CC(=O)Nc1ccc(N2CCC(OS(C)(=O)=O)C2)cc1. The predicted molar refractivity (Wildman–Crippen MR) is 77.3 cm³/mol. The Bertz CT molecular complexity index is 583. The summed E-state index contributed by atoms with van der Waals surface area (Å²) in [5.74, 6) is -0.111. The maximum absolute atomic E-state index is 11.1. The van der Waals surface area contributed by atoms with Crippen LogP contribution in [-0.2, 0) is 19.1 Å². The standard InChI is InChI=1S/C13H18N2O4S/c1-10(16)14-11-3-5-12(6-4-11)15-8-7-13(9-15)19-20(2,17)18/h3-6,13H,7-9H2,1-2H3,(H,14,16). The van der Waals surface area contributed by atoms with Crippen LogP contribution in [0.15, 0.2) is 24.3 Å². The number of carbonyl (C=O) groups excluding carboxylic acids is 1. The lowest BCUT2D eigenvalue weighted by Crippen LogP contribution is -2.24. The maximum atomic E-state index is 11.1. The first-order valence-electron chi connectivity index (χ1n) is 6.34. The van der Waals surface area contributed by atoms with Gasteiger partial charge in [0.1, 0.15) is 0 Å². The smallest absolute Gasteiger partial charge is 0.264 e. The molecule has 1 amide bonds. The summed E-state index contributed by atoms with van der Waals surface area (Å²) >= 11 is 0. The highest BCUT2D eigenvalue weighted by Crippen LogP contribution is 2.24. The van der Waals surface area contributed by atoms with Crippen LogP contribution in [-0.4, -0.2) is 39.8 Å². The third-order valence-corrected chi connectivity index (χ3v) is 3.63. The van der Waals surface area contributed by atoms with Crippen molar-refractivity contribution in [2.24, 2.45) is 0 Å². The first kappa shape index (κ1) is 14.8. The number of benzene rings is 1. The second-order valence-corrected chi connectivity index (χ2v) is 6.49. The van der Waals surface area contributed by atoms with Crippen molar-refractivity contribution >= 4 is 27.4 Å². The molecule has 2 rings (SSSR count). The summed E-state index contributed by atoms with van der Waals surface area (Å²) in [5, 5.41) is 2.70. The van der Waals surface area contributed by atoms with Crippen LogP contribution < -0.4 is 10.2 Å². The molecule has 7 heteroatoms. The number of hydrogen-bond acceptors (Lipinski definition) is 5. The fourth-order valence-corrected chi connectivity index (χ4v) is 2.90. The summed E-state index contributed by atoms with van der Waals surface area (Å²) < 4.78 is 27.2. The first-order chi connectivity index (χ1) is 9.33. The van der Waals surface area contributed by atoms with Crippen LogP contribution in [0.2, 0.25) is 0 Å². The van der Waals surface area contributed by atoms with Crippen molar-refractivity contribution in [3.8, 4) is 0 Å². The van der Waals surface area contributed by atoms with Gasteiger partial charge in [-0.1, -0.05) is 0 Å². The summed E-state index contributed by atoms with van der Waals surface area (Å²) in [5.41, 5.74) is 1.73. The van der Waals surface area contributed by atoms with E-state index in [2.05, 4.69) is 10.2 Å². The number of amides is 1. The van der Waals surface area contributed by atoms with E-state index in [0.717, 1.165) is 24.2 Å². The number of hydrogen-bond donors (Lipinski definition) is 1. The quantitative estimate of drug-likeness (QED) is 0.845. The Balaban J connectivity index is 1.98. The van der Waals surface area contributed by atoms with Gasteiger partial charge in [-0.2, -0.15) is 8.42 Å². The molecule has 1 fully saturated rings. The van der Waals surface area contributed by atoms with Gasteiger partial charge in [0, 0.05) is 31.4 Å². The van der Waals surface area contributed by atoms with Gasteiger partial charge in [-0.25, -0.2) is 0 Å². The summed E-state index contributed by atoms with van der Waals surface area (Å²) in [7, 11) is -3.41. The molecule has 110 valence electrons. The molecule has 1 saturated heterocycles. The Kier molecular flexibility index (Phi) is 4.29. The van der Waals surface area contributed by atoms with Gasteiger partial charge in [0.05, 0.1) is 12.4 Å². The topological polar surface area (TPSA) is 75.7 Å². The number of anilines is 2. The average molecular weight is 298 g/mol. The maximum Gasteiger partial charge on any atom is 0.264 e. The second-order valence-electron chi connectivity index (χ2n) is 4.89. The van der Waals surface area contributed by atoms with Gasteiger partial charge in [0.15, 0.2) is 0 Å². The van der Waals surface area contributed by atoms with E-state index in [0.29, 0.717) is 13.0 Å². The summed E-state index contributed by atoms with van der Waals surface area (Å²) in [6, 6.07) is 7.44. The van der Waals surface area contributed by atoms with E-state index in [4.69, 9.17) is 4.18 Å². The Morgan fingerprint density at radius 3 is 2.55 bits per heavy atom. The summed E-state index contributed by atoms with van der Waals surface area (Å²) in [6.45, 7) is 2.76. The van der Waals surface area contributed by atoms with Crippen molar-refractivity contribution < 1.29 is 17.4 Å². The van der Waals surface area contributed by atoms with Crippen LogP contribution in [0, 0.1) is 0 Å². The molecule has 0 aliphatic carbocycles. The number of nitrogens with one attached hydrogen (secondary N) is 1. The van der Waals surface area contributed by atoms with Crippen molar-refractivity contribution in [2.75, 3.05) is 29.6 Å². The second kappa shape index (κ2) is 5.80. The van der Waals surface area contributed by atoms with E-state index in [1.165, 1.54) is 6.92 Å². The first-order valence-corrected chi connectivity index (χ1v) is 8.16. The van der Waals surface area contributed by atoms with Crippen LogP contribution in [0.25, 0.3) is 0 Å². The lowest BCUT2D eigenvalue weighted by atomic mass is 10.2. The normalized spacial score (nSPS) is 19.1. The molecule has 1 atom stereocenters. The van der Waals surface area contributed by atoms with Crippen molar-refractivity contribution in [1.29, 1.82) is 0 Å². The Morgan fingerprint density at radius 1 is 1.35 bits per heavy atom. The van der Waals surface area contributed by atoms with Crippen LogP contribution in [0.4, 0.5) is 11.4 Å². The Labute approximate surface area is 118 Å². The minimum absolute atomic E-state index is 0.111. The van der Waals surface area contributed by atoms with Crippen LogP contribution in [0.3, 0.4) is 0 Å². The number of carbonyl (C=O) groups is 1.